The van der Waals surface area contributed by atoms with Crippen molar-refractivity contribution in [1.82, 2.24) is 9.88 Å². The molecule has 35 heavy (non-hydrogen) atoms. The average molecular weight is 479 g/mol. The van der Waals surface area contributed by atoms with Crippen LogP contribution in [0, 0.1) is 0 Å². The minimum absolute atomic E-state index is 0.00476. The number of amides is 1. The lowest BCUT2D eigenvalue weighted by molar-refractivity contribution is -0.286. The number of rotatable bonds is 3. The van der Waals surface area contributed by atoms with Crippen molar-refractivity contribution in [3.63, 3.8) is 0 Å². The molecule has 0 unspecified atom stereocenters. The van der Waals surface area contributed by atoms with E-state index in [9.17, 15) is 13.6 Å². The van der Waals surface area contributed by atoms with Gasteiger partial charge in [0, 0.05) is 55.1 Å². The number of ether oxygens (including phenoxy) is 3. The van der Waals surface area contributed by atoms with Gasteiger partial charge >= 0.3 is 6.29 Å². The molecule has 1 fully saturated rings. The number of nitrogens with zero attached hydrogens (tertiary/aromatic N) is 2. The molecule has 3 aromatic rings. The molecule has 1 saturated heterocycles. The maximum Gasteiger partial charge on any atom is 0.586 e. The van der Waals surface area contributed by atoms with Crippen LogP contribution in [-0.4, -0.2) is 62.0 Å². The highest BCUT2D eigenvalue weighted by atomic mass is 19.3. The molecule has 0 saturated carbocycles. The van der Waals surface area contributed by atoms with Gasteiger partial charge in [-0.05, 0) is 35.4 Å². The van der Waals surface area contributed by atoms with Crippen molar-refractivity contribution in [3.8, 4) is 22.6 Å². The molecular formula is C26H23F2N3O4. The Morgan fingerprint density at radius 1 is 1.06 bits per heavy atom. The van der Waals surface area contributed by atoms with E-state index in [1.54, 1.807) is 23.2 Å². The number of alkyl halides is 2. The van der Waals surface area contributed by atoms with Crippen molar-refractivity contribution in [2.45, 2.75) is 6.29 Å². The van der Waals surface area contributed by atoms with Gasteiger partial charge in [-0.25, -0.2) is 0 Å². The minimum Gasteiger partial charge on any atom is -0.395 e. The number of morpholine rings is 1. The van der Waals surface area contributed by atoms with Crippen molar-refractivity contribution in [2.24, 2.45) is 0 Å². The Bertz CT molecular complexity index is 1340. The zero-order valence-corrected chi connectivity index (χ0v) is 19.0. The summed E-state index contributed by atoms with van der Waals surface area (Å²) in [5, 5.41) is 0. The summed E-state index contributed by atoms with van der Waals surface area (Å²) in [5.41, 5.74) is 4.65. The number of halogens is 2. The zero-order valence-electron chi connectivity index (χ0n) is 19.0. The molecule has 3 aliphatic heterocycles. The third kappa shape index (κ3) is 3.81. The van der Waals surface area contributed by atoms with E-state index in [4.69, 9.17) is 9.47 Å². The number of anilines is 1. The maximum atomic E-state index is 13.8. The predicted molar refractivity (Wildman–Crippen MR) is 127 cm³/mol. The van der Waals surface area contributed by atoms with Crippen LogP contribution in [0.25, 0.3) is 22.8 Å². The van der Waals surface area contributed by atoms with E-state index >= 15 is 0 Å². The summed E-state index contributed by atoms with van der Waals surface area (Å²) in [6.45, 7) is 2.87. The quantitative estimate of drug-likeness (QED) is 0.601. The highest BCUT2D eigenvalue weighted by molar-refractivity contribution is 5.99. The van der Waals surface area contributed by atoms with Gasteiger partial charge in [-0.1, -0.05) is 24.3 Å². The minimum atomic E-state index is -3.69. The number of hydrogen-bond donors (Lipinski definition) is 1. The third-order valence-corrected chi connectivity index (χ3v) is 6.50. The first kappa shape index (κ1) is 21.7. The summed E-state index contributed by atoms with van der Waals surface area (Å²) in [4.78, 5) is 20.1. The van der Waals surface area contributed by atoms with E-state index in [-0.39, 0.29) is 17.4 Å². The van der Waals surface area contributed by atoms with E-state index in [0.29, 0.717) is 44.0 Å². The number of likely N-dealkylation sites (N-methyl/N-ethyl adjacent to an activating group) is 1. The number of para-hydroxylation sites is 1. The predicted octanol–water partition coefficient (Wildman–Crippen LogP) is 4.47. The number of hydrogen-bond acceptors (Lipinski definition) is 5. The molecule has 0 aliphatic carbocycles. The molecule has 180 valence electrons. The summed E-state index contributed by atoms with van der Waals surface area (Å²) in [6, 6.07) is 12.5. The molecular weight excluding hydrogens is 456 g/mol. The first-order valence-corrected chi connectivity index (χ1v) is 11.4. The molecule has 3 aliphatic rings. The lowest BCUT2D eigenvalue weighted by atomic mass is 9.94. The Balaban J connectivity index is 1.38. The molecule has 7 nitrogen and oxygen atoms in total. The monoisotopic (exact) mass is 479 g/mol. The van der Waals surface area contributed by atoms with E-state index in [2.05, 4.69) is 14.6 Å². The summed E-state index contributed by atoms with van der Waals surface area (Å²) in [7, 11) is 1.96. The van der Waals surface area contributed by atoms with Gasteiger partial charge in [-0.15, -0.1) is 8.78 Å². The van der Waals surface area contributed by atoms with Crippen molar-refractivity contribution in [3.05, 3.63) is 65.4 Å². The van der Waals surface area contributed by atoms with E-state index in [1.807, 2.05) is 37.4 Å². The smallest absolute Gasteiger partial charge is 0.395 e. The van der Waals surface area contributed by atoms with Crippen LogP contribution >= 0.6 is 0 Å². The molecule has 2 aromatic carbocycles. The zero-order chi connectivity index (χ0) is 24.2. The van der Waals surface area contributed by atoms with Crippen molar-refractivity contribution < 1.29 is 27.8 Å². The van der Waals surface area contributed by atoms with E-state index in [0.717, 1.165) is 28.1 Å². The molecule has 0 radical (unpaired) electrons. The molecule has 1 aromatic heterocycles. The summed E-state index contributed by atoms with van der Waals surface area (Å²) >= 11 is 0. The van der Waals surface area contributed by atoms with Gasteiger partial charge < -0.3 is 29.0 Å². The van der Waals surface area contributed by atoms with Crippen molar-refractivity contribution >= 4 is 23.4 Å². The fourth-order valence-electron chi connectivity index (χ4n) is 4.82. The summed E-state index contributed by atoms with van der Waals surface area (Å²) in [5.74, 6) is 0.874. The first-order valence-electron chi connectivity index (χ1n) is 11.4. The van der Waals surface area contributed by atoms with Gasteiger partial charge in [0.25, 0.3) is 5.91 Å². The number of fused-ring (bicyclic) bond motifs is 2. The van der Waals surface area contributed by atoms with Crippen molar-refractivity contribution in [2.75, 3.05) is 44.8 Å². The summed E-state index contributed by atoms with van der Waals surface area (Å²) in [6.07, 6.45) is 0.126. The molecule has 1 amide bonds. The average Bonchev–Trinajstić information content (AvgIpc) is 3.43. The molecule has 0 spiro atoms. The maximum absolute atomic E-state index is 13.8. The molecule has 9 heteroatoms. The largest absolute Gasteiger partial charge is 0.586 e. The van der Waals surface area contributed by atoms with Gasteiger partial charge in [0.15, 0.2) is 11.5 Å². The highest BCUT2D eigenvalue weighted by Crippen LogP contribution is 2.49. The molecule has 1 N–H and O–H groups in total. The van der Waals surface area contributed by atoms with Gasteiger partial charge in [0.1, 0.15) is 5.82 Å². The van der Waals surface area contributed by atoms with E-state index in [1.165, 1.54) is 6.07 Å². The van der Waals surface area contributed by atoms with Crippen LogP contribution in [-0.2, 0) is 4.74 Å². The number of aromatic nitrogens is 1. The van der Waals surface area contributed by atoms with Crippen LogP contribution in [0.5, 0.6) is 11.5 Å². The Morgan fingerprint density at radius 3 is 2.69 bits per heavy atom. The normalized spacial score (nSPS) is 18.3. The Kier molecular flexibility index (Phi) is 5.03. The van der Waals surface area contributed by atoms with Crippen molar-refractivity contribution in [1.29, 1.82) is 0 Å². The summed E-state index contributed by atoms with van der Waals surface area (Å²) < 4.78 is 42.4. The Hall–Kier alpha value is -3.85. The number of benzene rings is 2. The fraction of sp³-hybridized carbons (Fsp3) is 0.269. The topological polar surface area (TPSA) is 67.0 Å². The fourth-order valence-corrected chi connectivity index (χ4v) is 4.82. The molecule has 0 bridgehead atoms. The van der Waals surface area contributed by atoms with Gasteiger partial charge in [0.2, 0.25) is 0 Å². The van der Waals surface area contributed by atoms with Crippen LogP contribution in [0.3, 0.4) is 0 Å². The Morgan fingerprint density at radius 2 is 1.86 bits per heavy atom. The first-order chi connectivity index (χ1) is 16.9. The van der Waals surface area contributed by atoms with Gasteiger partial charge in [0.05, 0.1) is 13.2 Å². The number of nitrogens with one attached hydrogen (secondary N) is 1. The number of aromatic amines is 1. The van der Waals surface area contributed by atoms with Gasteiger partial charge in [-0.2, -0.15) is 0 Å². The molecule has 0 atom stereocenters. The second-order valence-corrected chi connectivity index (χ2v) is 8.78. The number of carbonyl (C=O) groups is 1. The van der Waals surface area contributed by atoms with E-state index < -0.39 is 6.29 Å². The van der Waals surface area contributed by atoms with Crippen LogP contribution in [0.4, 0.5) is 14.6 Å². The van der Waals surface area contributed by atoms with Crippen LogP contribution in [0.2, 0.25) is 0 Å². The lowest BCUT2D eigenvalue weighted by Gasteiger charge is -2.28. The van der Waals surface area contributed by atoms with Crippen LogP contribution < -0.4 is 14.4 Å². The highest BCUT2D eigenvalue weighted by Gasteiger charge is 2.45. The SMILES string of the molecule is CN1CC(c2cccc(C(=O)N3CCOCC3)c2)=Cc2c(-c3cccc4c3OC(F)(F)O4)c[nH]c21. The van der Waals surface area contributed by atoms with Crippen LogP contribution in [0.15, 0.2) is 48.7 Å². The standard InChI is InChI=1S/C26H23F2N3O4/c1-30-15-18(16-4-2-5-17(12-16)25(32)31-8-10-33-11-9-31)13-20-21(14-29-24(20)30)19-6-3-7-22-23(19)35-26(27,28)34-22/h2-7,12-14,29H,8-11,15H2,1H3. The number of carbonyl (C=O) groups excluding carboxylic acids is 1. The lowest BCUT2D eigenvalue weighted by Crippen LogP contribution is -2.40. The van der Waals surface area contributed by atoms with Gasteiger partial charge in [-0.3, -0.25) is 4.79 Å². The van der Waals surface area contributed by atoms with Crippen LogP contribution in [0.1, 0.15) is 21.5 Å². The molecule has 4 heterocycles. The second kappa shape index (κ2) is 8.13. The Labute approximate surface area is 200 Å². The molecule has 6 rings (SSSR count). The second-order valence-electron chi connectivity index (χ2n) is 8.78. The third-order valence-electron chi connectivity index (χ3n) is 6.50. The number of H-pyrrole nitrogens is 1.